The first-order valence-corrected chi connectivity index (χ1v) is 9.19. The van der Waals surface area contributed by atoms with Crippen molar-refractivity contribution in [3.63, 3.8) is 0 Å². The summed E-state index contributed by atoms with van der Waals surface area (Å²) in [6.45, 7) is 5.83. The largest absolute Gasteiger partial charge is 0.506 e. The highest BCUT2D eigenvalue weighted by molar-refractivity contribution is 5.99. The predicted octanol–water partition coefficient (Wildman–Crippen LogP) is 2.71. The molecule has 0 aliphatic heterocycles. The first-order valence-electron chi connectivity index (χ1n) is 9.19. The number of amides is 1. The van der Waals surface area contributed by atoms with Crippen LogP contribution in [0, 0.1) is 17.3 Å². The smallest absolute Gasteiger partial charge is 0.339 e. The number of carbonyl (C=O) groups excluding carboxylic acids is 1. The van der Waals surface area contributed by atoms with Gasteiger partial charge in [0, 0.05) is 19.5 Å². The third-order valence-electron chi connectivity index (χ3n) is 6.09. The molecule has 1 amide bonds. The van der Waals surface area contributed by atoms with Crippen LogP contribution in [0.2, 0.25) is 0 Å². The molecule has 0 aromatic heterocycles. The molecule has 3 aliphatic carbocycles. The van der Waals surface area contributed by atoms with Crippen molar-refractivity contribution in [3.05, 3.63) is 29.3 Å². The highest BCUT2D eigenvalue weighted by Crippen LogP contribution is 2.58. The fourth-order valence-corrected chi connectivity index (χ4v) is 4.19. The van der Waals surface area contributed by atoms with E-state index in [9.17, 15) is 19.8 Å². The molecular weight excluding hydrogens is 348 g/mol. The van der Waals surface area contributed by atoms with Crippen LogP contribution < -0.4 is 10.6 Å². The first kappa shape index (κ1) is 19.2. The lowest BCUT2D eigenvalue weighted by Gasteiger charge is -2.56. The molecule has 1 saturated carbocycles. The molecule has 0 saturated heterocycles. The molecule has 27 heavy (non-hydrogen) atoms. The van der Waals surface area contributed by atoms with E-state index in [0.717, 1.165) is 31.0 Å². The molecule has 0 radical (unpaired) electrons. The van der Waals surface area contributed by atoms with Crippen LogP contribution in [0.15, 0.2) is 23.8 Å². The van der Waals surface area contributed by atoms with Crippen molar-refractivity contribution in [2.75, 3.05) is 18.4 Å². The standard InChI is InChI=1S/C20H26N2O5/c1-20(2)12-4-3-11(14(20)9-12)10-21-8-7-16(24)22-17-15(23)6-5-13(18(17)25)19(26)27/h3,5-6,12,14,21,23,25H,4,7-10H2,1-2H3,(H,22,24)(H,26,27)/t12-,14-/m0/s1. The molecule has 1 fully saturated rings. The molecule has 7 nitrogen and oxygen atoms in total. The molecule has 1 aromatic rings. The number of carboxylic acid groups (broad SMARTS) is 1. The number of hydrogen-bond acceptors (Lipinski definition) is 5. The molecule has 4 rings (SSSR count). The van der Waals surface area contributed by atoms with Gasteiger partial charge in [0.25, 0.3) is 0 Å². The molecule has 5 N–H and O–H groups in total. The van der Waals surface area contributed by atoms with Crippen molar-refractivity contribution in [2.24, 2.45) is 17.3 Å². The summed E-state index contributed by atoms with van der Waals surface area (Å²) in [6.07, 6.45) is 4.82. The molecular formula is C20H26N2O5. The van der Waals surface area contributed by atoms with Gasteiger partial charge < -0.3 is 26.0 Å². The third kappa shape index (κ3) is 3.64. The maximum atomic E-state index is 12.1. The van der Waals surface area contributed by atoms with E-state index in [-0.39, 0.29) is 23.4 Å². The van der Waals surface area contributed by atoms with Crippen LogP contribution in [0.25, 0.3) is 0 Å². The van der Waals surface area contributed by atoms with Crippen molar-refractivity contribution in [3.8, 4) is 11.5 Å². The van der Waals surface area contributed by atoms with Crippen molar-refractivity contribution < 1.29 is 24.9 Å². The molecule has 7 heteroatoms. The van der Waals surface area contributed by atoms with E-state index < -0.39 is 17.6 Å². The van der Waals surface area contributed by atoms with Crippen molar-refractivity contribution in [1.82, 2.24) is 5.32 Å². The second kappa shape index (κ2) is 7.23. The van der Waals surface area contributed by atoms with Gasteiger partial charge in [0.2, 0.25) is 5.91 Å². The Kier molecular flexibility index (Phi) is 5.15. The lowest BCUT2D eigenvalue weighted by atomic mass is 9.49. The number of phenolic OH excluding ortho intramolecular Hbond substituents is 1. The van der Waals surface area contributed by atoms with Gasteiger partial charge in [0.1, 0.15) is 17.0 Å². The monoisotopic (exact) mass is 374 g/mol. The molecule has 146 valence electrons. The highest BCUT2D eigenvalue weighted by atomic mass is 16.4. The maximum Gasteiger partial charge on any atom is 0.339 e. The molecule has 0 heterocycles. The molecule has 0 spiro atoms. The number of allylic oxidation sites excluding steroid dienone is 1. The van der Waals surface area contributed by atoms with Gasteiger partial charge in [0.05, 0.1) is 0 Å². The van der Waals surface area contributed by atoms with E-state index in [1.165, 1.54) is 12.0 Å². The minimum absolute atomic E-state index is 0.139. The second-order valence-corrected chi connectivity index (χ2v) is 7.96. The number of carboxylic acids is 1. The van der Waals surface area contributed by atoms with Crippen LogP contribution in [-0.2, 0) is 4.79 Å². The van der Waals surface area contributed by atoms with Crippen LogP contribution in [0.3, 0.4) is 0 Å². The lowest BCUT2D eigenvalue weighted by molar-refractivity contribution is -0.116. The van der Waals surface area contributed by atoms with Crippen molar-refractivity contribution >= 4 is 17.6 Å². The van der Waals surface area contributed by atoms with Gasteiger partial charge in [-0.1, -0.05) is 25.5 Å². The number of nitrogens with one attached hydrogen (secondary N) is 2. The van der Waals surface area contributed by atoms with E-state index in [0.29, 0.717) is 17.9 Å². The Morgan fingerprint density at radius 3 is 2.63 bits per heavy atom. The first-order chi connectivity index (χ1) is 12.7. The quantitative estimate of drug-likeness (QED) is 0.284. The summed E-state index contributed by atoms with van der Waals surface area (Å²) >= 11 is 0. The summed E-state index contributed by atoms with van der Waals surface area (Å²) in [6, 6.07) is 2.20. The number of aromatic carboxylic acids is 1. The van der Waals surface area contributed by atoms with Crippen LogP contribution in [0.4, 0.5) is 5.69 Å². The summed E-state index contributed by atoms with van der Waals surface area (Å²) in [5, 5.41) is 34.4. The van der Waals surface area contributed by atoms with Gasteiger partial charge in [-0.15, -0.1) is 0 Å². The summed E-state index contributed by atoms with van der Waals surface area (Å²) in [4.78, 5) is 23.1. The minimum atomic E-state index is -1.34. The Morgan fingerprint density at radius 1 is 1.26 bits per heavy atom. The predicted molar refractivity (Wildman–Crippen MR) is 101 cm³/mol. The third-order valence-corrected chi connectivity index (χ3v) is 6.09. The van der Waals surface area contributed by atoms with Gasteiger partial charge in [0.15, 0.2) is 5.75 Å². The van der Waals surface area contributed by atoms with E-state index in [1.807, 2.05) is 0 Å². The number of aromatic hydroxyl groups is 2. The Bertz CT molecular complexity index is 800. The molecule has 1 aromatic carbocycles. The molecule has 0 unspecified atom stereocenters. The molecule has 3 aliphatic rings. The van der Waals surface area contributed by atoms with E-state index in [1.54, 1.807) is 0 Å². The van der Waals surface area contributed by atoms with Crippen LogP contribution in [0.1, 0.15) is 43.5 Å². The molecule has 2 bridgehead atoms. The van der Waals surface area contributed by atoms with Gasteiger partial charge in [-0.05, 0) is 42.2 Å². The summed E-state index contributed by atoms with van der Waals surface area (Å²) in [5.41, 5.74) is 1.12. The SMILES string of the molecule is CC1(C)[C@H]2CC=C(CNCCC(=O)Nc3c(O)ccc(C(=O)O)c3O)[C@@H]1C2. The summed E-state index contributed by atoms with van der Waals surface area (Å²) in [5.74, 6) is -1.39. The van der Waals surface area contributed by atoms with E-state index in [2.05, 4.69) is 30.6 Å². The van der Waals surface area contributed by atoms with Gasteiger partial charge in [-0.3, -0.25) is 4.79 Å². The number of hydrogen-bond donors (Lipinski definition) is 5. The number of fused-ring (bicyclic) bond motifs is 1. The van der Waals surface area contributed by atoms with Crippen molar-refractivity contribution in [2.45, 2.75) is 33.1 Å². The van der Waals surface area contributed by atoms with E-state index >= 15 is 0 Å². The zero-order valence-electron chi connectivity index (χ0n) is 15.6. The van der Waals surface area contributed by atoms with Crippen LogP contribution in [0.5, 0.6) is 11.5 Å². The van der Waals surface area contributed by atoms with Crippen LogP contribution >= 0.6 is 0 Å². The Labute approximate surface area is 158 Å². The number of anilines is 1. The average molecular weight is 374 g/mol. The number of benzene rings is 1. The highest BCUT2D eigenvalue weighted by Gasteiger charge is 2.50. The topological polar surface area (TPSA) is 119 Å². The minimum Gasteiger partial charge on any atom is -0.506 e. The average Bonchev–Trinajstić information content (AvgIpc) is 2.62. The van der Waals surface area contributed by atoms with Gasteiger partial charge >= 0.3 is 5.97 Å². The number of phenols is 2. The summed E-state index contributed by atoms with van der Waals surface area (Å²) < 4.78 is 0. The zero-order valence-corrected chi connectivity index (χ0v) is 15.6. The Hall–Kier alpha value is -2.54. The number of carbonyl (C=O) groups is 2. The second-order valence-electron chi connectivity index (χ2n) is 7.96. The fourth-order valence-electron chi connectivity index (χ4n) is 4.19. The number of rotatable bonds is 7. The van der Waals surface area contributed by atoms with Crippen LogP contribution in [-0.4, -0.2) is 40.3 Å². The Morgan fingerprint density at radius 2 is 2.00 bits per heavy atom. The maximum absolute atomic E-state index is 12.1. The normalized spacial score (nSPS) is 22.5. The lowest BCUT2D eigenvalue weighted by Crippen LogP contribution is -2.49. The Balaban J connectivity index is 1.49. The molecule has 2 atom stereocenters. The van der Waals surface area contributed by atoms with Crippen molar-refractivity contribution in [1.29, 1.82) is 0 Å². The van der Waals surface area contributed by atoms with Gasteiger partial charge in [-0.2, -0.15) is 0 Å². The fraction of sp³-hybridized carbons (Fsp3) is 0.500. The zero-order chi connectivity index (χ0) is 19.8. The van der Waals surface area contributed by atoms with E-state index in [4.69, 9.17) is 5.11 Å². The van der Waals surface area contributed by atoms with Gasteiger partial charge in [-0.25, -0.2) is 4.79 Å². The summed E-state index contributed by atoms with van der Waals surface area (Å²) in [7, 11) is 0.